The molecule has 0 aliphatic heterocycles. The van der Waals surface area contributed by atoms with Gasteiger partial charge in [-0.25, -0.2) is 4.79 Å². The van der Waals surface area contributed by atoms with E-state index in [9.17, 15) is 14.4 Å². The van der Waals surface area contributed by atoms with Gasteiger partial charge in [0.2, 0.25) is 5.91 Å². The van der Waals surface area contributed by atoms with E-state index in [1.165, 1.54) is 4.90 Å². The monoisotopic (exact) mass is 273 g/mol. The second-order valence-electron chi connectivity index (χ2n) is 4.37. The summed E-state index contributed by atoms with van der Waals surface area (Å²) in [6, 6.07) is -0.440. The van der Waals surface area contributed by atoms with Crippen LogP contribution in [-0.4, -0.2) is 53.6 Å². The van der Waals surface area contributed by atoms with E-state index in [-0.39, 0.29) is 43.9 Å². The standard InChI is InChI=1S/C12H23N3O4/c1-4-13-10(16)5-7-14-12(19)15(9(2)3)8-6-11(17)18/h9H,4-8H2,1-3H3,(H,13,16)(H,14,19)(H,17,18). The molecular formula is C12H23N3O4. The summed E-state index contributed by atoms with van der Waals surface area (Å²) in [7, 11) is 0. The van der Waals surface area contributed by atoms with Crippen molar-refractivity contribution in [2.75, 3.05) is 19.6 Å². The van der Waals surface area contributed by atoms with Gasteiger partial charge in [-0.2, -0.15) is 0 Å². The van der Waals surface area contributed by atoms with Crippen LogP contribution in [-0.2, 0) is 9.59 Å². The molecule has 0 aliphatic rings. The lowest BCUT2D eigenvalue weighted by molar-refractivity contribution is -0.137. The summed E-state index contributed by atoms with van der Waals surface area (Å²) < 4.78 is 0. The Morgan fingerprint density at radius 1 is 1.16 bits per heavy atom. The fraction of sp³-hybridized carbons (Fsp3) is 0.750. The average Bonchev–Trinajstić information content (AvgIpc) is 2.28. The van der Waals surface area contributed by atoms with Crippen LogP contribution in [0.2, 0.25) is 0 Å². The molecule has 3 amide bonds. The van der Waals surface area contributed by atoms with Crippen molar-refractivity contribution in [1.82, 2.24) is 15.5 Å². The molecule has 0 aromatic rings. The van der Waals surface area contributed by atoms with E-state index in [2.05, 4.69) is 10.6 Å². The largest absolute Gasteiger partial charge is 0.481 e. The fourth-order valence-corrected chi connectivity index (χ4v) is 1.48. The summed E-state index contributed by atoms with van der Waals surface area (Å²) in [6.45, 7) is 6.39. The van der Waals surface area contributed by atoms with Crippen molar-refractivity contribution in [1.29, 1.82) is 0 Å². The van der Waals surface area contributed by atoms with Crippen molar-refractivity contribution in [3.8, 4) is 0 Å². The number of rotatable bonds is 8. The number of carbonyl (C=O) groups is 3. The molecule has 7 heteroatoms. The molecule has 0 heterocycles. The van der Waals surface area contributed by atoms with Gasteiger partial charge < -0.3 is 20.6 Å². The Morgan fingerprint density at radius 2 is 1.79 bits per heavy atom. The third-order valence-electron chi connectivity index (χ3n) is 2.45. The molecule has 0 atom stereocenters. The molecule has 0 rings (SSSR count). The molecule has 0 saturated carbocycles. The molecule has 110 valence electrons. The fourth-order valence-electron chi connectivity index (χ4n) is 1.48. The lowest BCUT2D eigenvalue weighted by atomic mass is 10.3. The molecular weight excluding hydrogens is 250 g/mol. The number of nitrogens with one attached hydrogen (secondary N) is 2. The minimum absolute atomic E-state index is 0.0937. The predicted molar refractivity (Wildman–Crippen MR) is 70.8 cm³/mol. The van der Waals surface area contributed by atoms with Crippen LogP contribution in [0.3, 0.4) is 0 Å². The maximum Gasteiger partial charge on any atom is 0.317 e. The van der Waals surface area contributed by atoms with Crippen LogP contribution in [0.4, 0.5) is 4.79 Å². The number of hydrogen-bond donors (Lipinski definition) is 3. The summed E-state index contributed by atoms with van der Waals surface area (Å²) in [5.41, 5.74) is 0. The molecule has 3 N–H and O–H groups in total. The molecule has 0 aromatic carbocycles. The summed E-state index contributed by atoms with van der Waals surface area (Å²) >= 11 is 0. The van der Waals surface area contributed by atoms with Gasteiger partial charge in [0.25, 0.3) is 0 Å². The Labute approximate surface area is 113 Å². The number of aliphatic carboxylic acids is 1. The number of amides is 3. The van der Waals surface area contributed by atoms with Crippen LogP contribution in [0.1, 0.15) is 33.6 Å². The van der Waals surface area contributed by atoms with Gasteiger partial charge in [-0.1, -0.05) is 0 Å². The van der Waals surface area contributed by atoms with Crippen molar-refractivity contribution in [2.24, 2.45) is 0 Å². The van der Waals surface area contributed by atoms with Crippen LogP contribution in [0.5, 0.6) is 0 Å². The average molecular weight is 273 g/mol. The highest BCUT2D eigenvalue weighted by Gasteiger charge is 2.17. The molecule has 0 fully saturated rings. The van der Waals surface area contributed by atoms with Crippen LogP contribution >= 0.6 is 0 Å². The minimum atomic E-state index is -0.944. The quantitative estimate of drug-likeness (QED) is 0.596. The molecule has 0 radical (unpaired) electrons. The van der Waals surface area contributed by atoms with E-state index in [4.69, 9.17) is 5.11 Å². The Morgan fingerprint density at radius 3 is 2.26 bits per heavy atom. The predicted octanol–water partition coefficient (Wildman–Crippen LogP) is 0.407. The van der Waals surface area contributed by atoms with Gasteiger partial charge in [0, 0.05) is 32.1 Å². The highest BCUT2D eigenvalue weighted by atomic mass is 16.4. The van der Waals surface area contributed by atoms with Crippen molar-refractivity contribution >= 4 is 17.9 Å². The van der Waals surface area contributed by atoms with Gasteiger partial charge in [-0.3, -0.25) is 9.59 Å². The zero-order valence-corrected chi connectivity index (χ0v) is 11.7. The summed E-state index contributed by atoms with van der Waals surface area (Å²) in [5, 5.41) is 13.9. The lowest BCUT2D eigenvalue weighted by Crippen LogP contribution is -2.45. The second kappa shape index (κ2) is 9.18. The van der Waals surface area contributed by atoms with Gasteiger partial charge in [0.05, 0.1) is 6.42 Å². The Hall–Kier alpha value is -1.79. The van der Waals surface area contributed by atoms with Gasteiger partial charge in [0.1, 0.15) is 0 Å². The van der Waals surface area contributed by atoms with Crippen molar-refractivity contribution in [3.05, 3.63) is 0 Å². The van der Waals surface area contributed by atoms with Gasteiger partial charge in [-0.05, 0) is 20.8 Å². The molecule has 19 heavy (non-hydrogen) atoms. The van der Waals surface area contributed by atoms with E-state index < -0.39 is 5.97 Å². The van der Waals surface area contributed by atoms with Crippen LogP contribution in [0, 0.1) is 0 Å². The molecule has 0 spiro atoms. The van der Waals surface area contributed by atoms with Crippen LogP contribution in [0.15, 0.2) is 0 Å². The summed E-state index contributed by atoms with van der Waals surface area (Å²) in [6.07, 6.45) is 0.117. The van der Waals surface area contributed by atoms with E-state index in [0.29, 0.717) is 6.54 Å². The zero-order chi connectivity index (χ0) is 14.8. The first-order valence-electron chi connectivity index (χ1n) is 6.41. The SMILES string of the molecule is CCNC(=O)CCNC(=O)N(CCC(=O)O)C(C)C. The highest BCUT2D eigenvalue weighted by Crippen LogP contribution is 2.00. The van der Waals surface area contributed by atoms with Gasteiger partial charge >= 0.3 is 12.0 Å². The van der Waals surface area contributed by atoms with E-state index in [1.807, 2.05) is 20.8 Å². The van der Waals surface area contributed by atoms with E-state index >= 15 is 0 Å². The molecule has 7 nitrogen and oxygen atoms in total. The third kappa shape index (κ3) is 8.01. The number of urea groups is 1. The molecule has 0 saturated heterocycles. The Kier molecular flexibility index (Phi) is 8.32. The normalized spacial score (nSPS) is 10.1. The first-order chi connectivity index (χ1) is 8.88. The maximum absolute atomic E-state index is 11.8. The summed E-state index contributed by atoms with van der Waals surface area (Å²) in [4.78, 5) is 35.0. The Balaban J connectivity index is 4.11. The van der Waals surface area contributed by atoms with E-state index in [0.717, 1.165) is 0 Å². The van der Waals surface area contributed by atoms with Crippen molar-refractivity contribution < 1.29 is 19.5 Å². The summed E-state index contributed by atoms with van der Waals surface area (Å²) in [5.74, 6) is -1.06. The molecule has 0 aliphatic carbocycles. The smallest absolute Gasteiger partial charge is 0.317 e. The number of carboxylic acids is 1. The van der Waals surface area contributed by atoms with Crippen molar-refractivity contribution in [3.63, 3.8) is 0 Å². The molecule has 0 unspecified atom stereocenters. The maximum atomic E-state index is 11.8. The molecule has 0 aromatic heterocycles. The minimum Gasteiger partial charge on any atom is -0.481 e. The van der Waals surface area contributed by atoms with Crippen molar-refractivity contribution in [2.45, 2.75) is 39.7 Å². The lowest BCUT2D eigenvalue weighted by Gasteiger charge is -2.26. The molecule has 0 bridgehead atoms. The topological polar surface area (TPSA) is 98.7 Å². The van der Waals surface area contributed by atoms with Gasteiger partial charge in [0.15, 0.2) is 0 Å². The van der Waals surface area contributed by atoms with Crippen LogP contribution in [0.25, 0.3) is 0 Å². The first-order valence-corrected chi connectivity index (χ1v) is 6.41. The number of nitrogens with zero attached hydrogens (tertiary/aromatic N) is 1. The third-order valence-corrected chi connectivity index (χ3v) is 2.45. The number of carbonyl (C=O) groups excluding carboxylic acids is 2. The van der Waals surface area contributed by atoms with Gasteiger partial charge in [-0.15, -0.1) is 0 Å². The van der Waals surface area contributed by atoms with Crippen LogP contribution < -0.4 is 10.6 Å². The Bertz CT molecular complexity index is 318. The highest BCUT2D eigenvalue weighted by molar-refractivity contribution is 5.78. The second-order valence-corrected chi connectivity index (χ2v) is 4.37. The zero-order valence-electron chi connectivity index (χ0n) is 11.7. The van der Waals surface area contributed by atoms with E-state index in [1.54, 1.807) is 0 Å². The first kappa shape index (κ1) is 17.2. The number of hydrogen-bond acceptors (Lipinski definition) is 3. The number of carboxylic acid groups (broad SMARTS) is 1.